The van der Waals surface area contributed by atoms with Crippen LogP contribution in [-0.2, 0) is 20.0 Å². The van der Waals surface area contributed by atoms with Crippen LogP contribution >= 0.6 is 0 Å². The standard InChI is InChI=1S/C15H21N3O/c1-5-11-8-12(6-7-14(11)19-4)15-13(9-16)18(3)10(2)17-15/h6-8H,5,9,16H2,1-4H3. The van der Waals surface area contributed by atoms with Gasteiger partial charge < -0.3 is 15.0 Å². The Morgan fingerprint density at radius 1 is 1.37 bits per heavy atom. The molecule has 2 rings (SSSR count). The summed E-state index contributed by atoms with van der Waals surface area (Å²) >= 11 is 0. The lowest BCUT2D eigenvalue weighted by atomic mass is 10.0. The molecule has 1 heterocycles. The van der Waals surface area contributed by atoms with Gasteiger partial charge in [-0.05, 0) is 37.1 Å². The first-order valence-electron chi connectivity index (χ1n) is 6.51. The highest BCUT2D eigenvalue weighted by Gasteiger charge is 2.14. The second-order valence-corrected chi connectivity index (χ2v) is 4.60. The smallest absolute Gasteiger partial charge is 0.122 e. The van der Waals surface area contributed by atoms with Crippen LogP contribution in [0.4, 0.5) is 0 Å². The topological polar surface area (TPSA) is 53.1 Å². The zero-order chi connectivity index (χ0) is 14.0. The predicted octanol–water partition coefficient (Wildman–Crippen LogP) is 2.43. The summed E-state index contributed by atoms with van der Waals surface area (Å²) in [5.74, 6) is 1.90. The summed E-state index contributed by atoms with van der Waals surface area (Å²) in [6.45, 7) is 4.60. The quantitative estimate of drug-likeness (QED) is 0.917. The molecule has 0 bridgehead atoms. The largest absolute Gasteiger partial charge is 0.496 e. The van der Waals surface area contributed by atoms with Crippen molar-refractivity contribution < 1.29 is 4.74 Å². The monoisotopic (exact) mass is 259 g/mol. The lowest BCUT2D eigenvalue weighted by Gasteiger charge is -2.09. The maximum absolute atomic E-state index is 5.84. The van der Waals surface area contributed by atoms with Crippen LogP contribution in [0.1, 0.15) is 24.0 Å². The molecular formula is C15H21N3O. The Morgan fingerprint density at radius 3 is 2.68 bits per heavy atom. The number of ether oxygens (including phenoxy) is 1. The van der Waals surface area contributed by atoms with Crippen molar-refractivity contribution in [1.82, 2.24) is 9.55 Å². The van der Waals surface area contributed by atoms with Gasteiger partial charge in [-0.1, -0.05) is 6.92 Å². The van der Waals surface area contributed by atoms with E-state index in [4.69, 9.17) is 10.5 Å². The predicted molar refractivity (Wildman–Crippen MR) is 77.2 cm³/mol. The second-order valence-electron chi connectivity index (χ2n) is 4.60. The number of aryl methyl sites for hydroxylation is 2. The highest BCUT2D eigenvalue weighted by Crippen LogP contribution is 2.28. The Balaban J connectivity index is 2.56. The summed E-state index contributed by atoms with van der Waals surface area (Å²) in [5, 5.41) is 0. The fourth-order valence-corrected chi connectivity index (χ4v) is 2.32. The Hall–Kier alpha value is -1.81. The molecule has 0 aliphatic carbocycles. The second kappa shape index (κ2) is 5.45. The van der Waals surface area contributed by atoms with Crippen LogP contribution in [0, 0.1) is 6.92 Å². The van der Waals surface area contributed by atoms with E-state index in [9.17, 15) is 0 Å². The highest BCUT2D eigenvalue weighted by atomic mass is 16.5. The lowest BCUT2D eigenvalue weighted by Crippen LogP contribution is -2.05. The molecule has 4 heteroatoms. The molecule has 0 aliphatic heterocycles. The van der Waals surface area contributed by atoms with E-state index in [1.54, 1.807) is 7.11 Å². The number of rotatable bonds is 4. The molecule has 0 fully saturated rings. The van der Waals surface area contributed by atoms with Gasteiger partial charge in [-0.3, -0.25) is 0 Å². The molecule has 0 aliphatic rings. The Kier molecular flexibility index (Phi) is 3.90. The first kappa shape index (κ1) is 13.6. The van der Waals surface area contributed by atoms with Gasteiger partial charge in [-0.15, -0.1) is 0 Å². The van der Waals surface area contributed by atoms with Gasteiger partial charge in [0.25, 0.3) is 0 Å². The fraction of sp³-hybridized carbons (Fsp3) is 0.400. The summed E-state index contributed by atoms with van der Waals surface area (Å²) in [6, 6.07) is 6.18. The van der Waals surface area contributed by atoms with E-state index in [-0.39, 0.29) is 0 Å². The molecular weight excluding hydrogens is 238 g/mol. The summed E-state index contributed by atoms with van der Waals surface area (Å²) in [7, 11) is 3.70. The van der Waals surface area contributed by atoms with E-state index < -0.39 is 0 Å². The van der Waals surface area contributed by atoms with Crippen molar-refractivity contribution in [3.8, 4) is 17.0 Å². The molecule has 19 heavy (non-hydrogen) atoms. The van der Waals surface area contributed by atoms with Crippen LogP contribution in [0.3, 0.4) is 0 Å². The van der Waals surface area contributed by atoms with Crippen LogP contribution in [0.5, 0.6) is 5.75 Å². The van der Waals surface area contributed by atoms with Crippen molar-refractivity contribution in [1.29, 1.82) is 0 Å². The number of methoxy groups -OCH3 is 1. The number of aromatic nitrogens is 2. The normalized spacial score (nSPS) is 10.8. The summed E-state index contributed by atoms with van der Waals surface area (Å²) in [4.78, 5) is 4.62. The van der Waals surface area contributed by atoms with Crippen molar-refractivity contribution in [3.63, 3.8) is 0 Å². The van der Waals surface area contributed by atoms with E-state index >= 15 is 0 Å². The van der Waals surface area contributed by atoms with Gasteiger partial charge in [-0.25, -0.2) is 4.98 Å². The molecule has 0 saturated heterocycles. The van der Waals surface area contributed by atoms with E-state index in [1.807, 2.05) is 30.7 Å². The van der Waals surface area contributed by atoms with Gasteiger partial charge in [0.2, 0.25) is 0 Å². The van der Waals surface area contributed by atoms with Crippen LogP contribution in [-0.4, -0.2) is 16.7 Å². The van der Waals surface area contributed by atoms with Gasteiger partial charge in [-0.2, -0.15) is 0 Å². The summed E-state index contributed by atoms with van der Waals surface area (Å²) in [5.41, 5.74) is 10.2. The molecule has 0 radical (unpaired) electrons. The number of nitrogens with two attached hydrogens (primary N) is 1. The van der Waals surface area contributed by atoms with Crippen LogP contribution in [0.15, 0.2) is 18.2 Å². The Labute approximate surface area is 114 Å². The molecule has 0 atom stereocenters. The molecule has 2 aromatic rings. The number of nitrogens with zero attached hydrogens (tertiary/aromatic N) is 2. The summed E-state index contributed by atoms with van der Waals surface area (Å²) in [6.07, 6.45) is 0.931. The van der Waals surface area contributed by atoms with Gasteiger partial charge in [0, 0.05) is 19.2 Å². The molecule has 102 valence electrons. The first-order chi connectivity index (χ1) is 9.12. The van der Waals surface area contributed by atoms with Crippen molar-refractivity contribution in [2.24, 2.45) is 12.8 Å². The van der Waals surface area contributed by atoms with E-state index in [0.717, 1.165) is 34.9 Å². The molecule has 1 aromatic carbocycles. The molecule has 1 aromatic heterocycles. The maximum Gasteiger partial charge on any atom is 0.122 e. The van der Waals surface area contributed by atoms with Crippen LogP contribution < -0.4 is 10.5 Å². The first-order valence-corrected chi connectivity index (χ1v) is 6.51. The molecule has 4 nitrogen and oxygen atoms in total. The molecule has 0 saturated carbocycles. The number of hydrogen-bond acceptors (Lipinski definition) is 3. The van der Waals surface area contributed by atoms with Gasteiger partial charge in [0.15, 0.2) is 0 Å². The molecule has 0 unspecified atom stereocenters. The molecule has 0 spiro atoms. The Morgan fingerprint density at radius 2 is 2.11 bits per heavy atom. The van der Waals surface area contributed by atoms with Crippen LogP contribution in [0.25, 0.3) is 11.3 Å². The molecule has 2 N–H and O–H groups in total. The maximum atomic E-state index is 5.84. The number of benzene rings is 1. The fourth-order valence-electron chi connectivity index (χ4n) is 2.32. The third kappa shape index (κ3) is 2.36. The number of imidazole rings is 1. The van der Waals surface area contributed by atoms with Crippen molar-refractivity contribution >= 4 is 0 Å². The third-order valence-corrected chi connectivity index (χ3v) is 3.57. The number of hydrogen-bond donors (Lipinski definition) is 1. The van der Waals surface area contributed by atoms with Gasteiger partial charge in [0.05, 0.1) is 18.5 Å². The minimum atomic E-state index is 0.486. The summed E-state index contributed by atoms with van der Waals surface area (Å²) < 4.78 is 7.41. The highest BCUT2D eigenvalue weighted by molar-refractivity contribution is 5.65. The van der Waals surface area contributed by atoms with E-state index in [1.165, 1.54) is 5.56 Å². The van der Waals surface area contributed by atoms with E-state index in [0.29, 0.717) is 6.54 Å². The zero-order valence-electron chi connectivity index (χ0n) is 12.0. The van der Waals surface area contributed by atoms with Crippen molar-refractivity contribution in [2.45, 2.75) is 26.8 Å². The van der Waals surface area contributed by atoms with Gasteiger partial charge >= 0.3 is 0 Å². The average Bonchev–Trinajstić information content (AvgIpc) is 2.73. The SMILES string of the molecule is CCc1cc(-c2nc(C)n(C)c2CN)ccc1OC. The molecule has 0 amide bonds. The average molecular weight is 259 g/mol. The zero-order valence-corrected chi connectivity index (χ0v) is 12.0. The van der Waals surface area contributed by atoms with Gasteiger partial charge in [0.1, 0.15) is 11.6 Å². The van der Waals surface area contributed by atoms with Crippen LogP contribution in [0.2, 0.25) is 0 Å². The minimum Gasteiger partial charge on any atom is -0.496 e. The third-order valence-electron chi connectivity index (χ3n) is 3.57. The lowest BCUT2D eigenvalue weighted by molar-refractivity contribution is 0.410. The Bertz CT molecular complexity index is 587. The van der Waals surface area contributed by atoms with Crippen molar-refractivity contribution in [3.05, 3.63) is 35.3 Å². The minimum absolute atomic E-state index is 0.486. The van der Waals surface area contributed by atoms with E-state index in [2.05, 4.69) is 18.0 Å². The van der Waals surface area contributed by atoms with Crippen molar-refractivity contribution in [2.75, 3.05) is 7.11 Å².